The second kappa shape index (κ2) is 11.7. The van der Waals surface area contributed by atoms with Gasteiger partial charge in [0.15, 0.2) is 5.96 Å². The Hall–Kier alpha value is -0.830. The summed E-state index contributed by atoms with van der Waals surface area (Å²) in [7, 11) is 2.20. The number of hydrogen-bond acceptors (Lipinski definition) is 4. The van der Waals surface area contributed by atoms with E-state index in [9.17, 15) is 0 Å². The molecule has 0 radical (unpaired) electrons. The van der Waals surface area contributed by atoms with Gasteiger partial charge in [-0.2, -0.15) is 0 Å². The van der Waals surface area contributed by atoms with E-state index < -0.39 is 0 Å². The first-order valence-electron chi connectivity index (χ1n) is 9.34. The smallest absolute Gasteiger partial charge is 0.191 e. The molecule has 1 aliphatic rings. The number of hydrogen-bond donors (Lipinski definition) is 2. The van der Waals surface area contributed by atoms with Crippen molar-refractivity contribution in [2.45, 2.75) is 53.0 Å². The number of aryl methyl sites for hydroxylation is 2. The zero-order chi connectivity index (χ0) is 17.4. The largest absolute Gasteiger partial charge is 0.361 e. The topological polar surface area (TPSA) is 65.7 Å². The Morgan fingerprint density at radius 3 is 2.52 bits per heavy atom. The molecule has 0 unspecified atom stereocenters. The molecule has 1 fully saturated rings. The third-order valence-electron chi connectivity index (χ3n) is 4.74. The van der Waals surface area contributed by atoms with Crippen LogP contribution in [0.2, 0.25) is 0 Å². The van der Waals surface area contributed by atoms with E-state index in [0.29, 0.717) is 6.54 Å². The number of piperidine rings is 1. The van der Waals surface area contributed by atoms with Crippen LogP contribution >= 0.6 is 24.0 Å². The van der Waals surface area contributed by atoms with Gasteiger partial charge in [0.25, 0.3) is 0 Å². The highest BCUT2D eigenvalue weighted by molar-refractivity contribution is 14.0. The van der Waals surface area contributed by atoms with Crippen LogP contribution in [0.25, 0.3) is 0 Å². The molecule has 6 nitrogen and oxygen atoms in total. The van der Waals surface area contributed by atoms with Crippen LogP contribution in [0.5, 0.6) is 0 Å². The quantitative estimate of drug-likeness (QED) is 0.370. The van der Waals surface area contributed by atoms with E-state index in [1.165, 1.54) is 25.9 Å². The molecule has 25 heavy (non-hydrogen) atoms. The van der Waals surface area contributed by atoms with Crippen LogP contribution in [0, 0.1) is 5.92 Å². The van der Waals surface area contributed by atoms with Crippen LogP contribution in [-0.4, -0.2) is 49.2 Å². The van der Waals surface area contributed by atoms with Gasteiger partial charge in [0.05, 0.1) is 12.2 Å². The van der Waals surface area contributed by atoms with Gasteiger partial charge < -0.3 is 20.1 Å². The van der Waals surface area contributed by atoms with Gasteiger partial charge in [-0.25, -0.2) is 4.99 Å². The Kier molecular flexibility index (Phi) is 10.4. The lowest BCUT2D eigenvalue weighted by Crippen LogP contribution is -2.42. The molecule has 1 aromatic rings. The predicted octanol–water partition coefficient (Wildman–Crippen LogP) is 2.81. The highest BCUT2D eigenvalue weighted by atomic mass is 127. The second-order valence-corrected chi connectivity index (χ2v) is 6.56. The van der Waals surface area contributed by atoms with Gasteiger partial charge >= 0.3 is 0 Å². The van der Waals surface area contributed by atoms with Crippen molar-refractivity contribution in [2.75, 3.05) is 33.2 Å². The maximum Gasteiger partial charge on any atom is 0.191 e. The number of halogens is 1. The first-order valence-corrected chi connectivity index (χ1v) is 9.34. The number of nitrogens with one attached hydrogen (secondary N) is 2. The molecule has 1 saturated heterocycles. The molecule has 0 spiro atoms. The van der Waals surface area contributed by atoms with Crippen molar-refractivity contribution >= 4 is 29.9 Å². The summed E-state index contributed by atoms with van der Waals surface area (Å²) < 4.78 is 5.43. The normalized spacial score (nSPS) is 16.6. The summed E-state index contributed by atoms with van der Waals surface area (Å²) in [4.78, 5) is 7.16. The van der Waals surface area contributed by atoms with Crippen molar-refractivity contribution < 1.29 is 4.52 Å². The standard InChI is InChI=1S/C18H33N5O.HI/c1-5-16-15(17(6-2)24-22-16)13-21-18(19-7-3)20-12-14-8-10-23(4)11-9-14;/h14H,5-13H2,1-4H3,(H2,19,20,21);1H. The fourth-order valence-electron chi connectivity index (χ4n) is 3.12. The van der Waals surface area contributed by atoms with Crippen molar-refractivity contribution in [1.82, 2.24) is 20.7 Å². The second-order valence-electron chi connectivity index (χ2n) is 6.56. The van der Waals surface area contributed by atoms with E-state index in [2.05, 4.69) is 48.5 Å². The Bertz CT molecular complexity index is 502. The predicted molar refractivity (Wildman–Crippen MR) is 114 cm³/mol. The Balaban J connectivity index is 0.00000312. The monoisotopic (exact) mass is 463 g/mol. The molecule has 1 aromatic heterocycles. The van der Waals surface area contributed by atoms with Gasteiger partial charge in [-0.15, -0.1) is 24.0 Å². The van der Waals surface area contributed by atoms with Crippen LogP contribution in [-0.2, 0) is 19.4 Å². The summed E-state index contributed by atoms with van der Waals surface area (Å²) in [5.41, 5.74) is 2.18. The third-order valence-corrected chi connectivity index (χ3v) is 4.74. The lowest BCUT2D eigenvalue weighted by atomic mass is 9.97. The van der Waals surface area contributed by atoms with E-state index in [1.54, 1.807) is 0 Å². The van der Waals surface area contributed by atoms with Crippen molar-refractivity contribution in [3.63, 3.8) is 0 Å². The lowest BCUT2D eigenvalue weighted by Gasteiger charge is -2.29. The highest BCUT2D eigenvalue weighted by Gasteiger charge is 2.17. The summed E-state index contributed by atoms with van der Waals surface area (Å²) in [5.74, 6) is 2.58. The first-order chi connectivity index (χ1) is 11.7. The molecule has 2 heterocycles. The SMILES string of the molecule is CCNC(=NCc1c(CC)noc1CC)NCC1CCN(C)CC1.I. The molecule has 1 aliphatic heterocycles. The average Bonchev–Trinajstić information content (AvgIpc) is 3.00. The van der Waals surface area contributed by atoms with Gasteiger partial charge in [-0.3, -0.25) is 0 Å². The van der Waals surface area contributed by atoms with Crippen LogP contribution < -0.4 is 10.6 Å². The Labute approximate surface area is 169 Å². The van der Waals surface area contributed by atoms with Crippen molar-refractivity contribution in [3.05, 3.63) is 17.0 Å². The maximum absolute atomic E-state index is 5.43. The zero-order valence-corrected chi connectivity index (χ0v) is 18.4. The van der Waals surface area contributed by atoms with Crippen LogP contribution in [0.1, 0.15) is 50.6 Å². The summed E-state index contributed by atoms with van der Waals surface area (Å²) in [5, 5.41) is 11.0. The highest BCUT2D eigenvalue weighted by Crippen LogP contribution is 2.17. The zero-order valence-electron chi connectivity index (χ0n) is 16.1. The Morgan fingerprint density at radius 2 is 1.92 bits per heavy atom. The van der Waals surface area contributed by atoms with Gasteiger partial charge in [0.1, 0.15) is 5.76 Å². The molecule has 0 aliphatic carbocycles. The number of aliphatic imine (C=N–C) groups is 1. The molecule has 2 N–H and O–H groups in total. The van der Waals surface area contributed by atoms with Crippen LogP contribution in [0.4, 0.5) is 0 Å². The van der Waals surface area contributed by atoms with E-state index in [0.717, 1.165) is 54.8 Å². The van der Waals surface area contributed by atoms with Crippen LogP contribution in [0.15, 0.2) is 9.52 Å². The number of nitrogens with zero attached hydrogens (tertiary/aromatic N) is 3. The number of likely N-dealkylation sites (tertiary alicyclic amines) is 1. The van der Waals surface area contributed by atoms with E-state index in [4.69, 9.17) is 9.52 Å². The summed E-state index contributed by atoms with van der Waals surface area (Å²) in [6.45, 7) is 11.2. The minimum Gasteiger partial charge on any atom is -0.361 e. The fourth-order valence-corrected chi connectivity index (χ4v) is 3.12. The number of aromatic nitrogens is 1. The van der Waals surface area contributed by atoms with E-state index >= 15 is 0 Å². The molecule has 144 valence electrons. The maximum atomic E-state index is 5.43. The van der Waals surface area contributed by atoms with E-state index in [-0.39, 0.29) is 24.0 Å². The molecule has 7 heteroatoms. The number of rotatable bonds is 7. The molecule has 0 atom stereocenters. The minimum atomic E-state index is 0. The van der Waals surface area contributed by atoms with E-state index in [1.807, 2.05) is 0 Å². The average molecular weight is 463 g/mol. The van der Waals surface area contributed by atoms with Crippen molar-refractivity contribution in [2.24, 2.45) is 10.9 Å². The van der Waals surface area contributed by atoms with Crippen molar-refractivity contribution in [1.29, 1.82) is 0 Å². The molecular weight excluding hydrogens is 429 g/mol. The molecule has 0 saturated carbocycles. The van der Waals surface area contributed by atoms with Gasteiger partial charge in [0, 0.05) is 25.1 Å². The van der Waals surface area contributed by atoms with Gasteiger partial charge in [0.2, 0.25) is 0 Å². The number of guanidine groups is 1. The molecule has 0 bridgehead atoms. The Morgan fingerprint density at radius 1 is 1.20 bits per heavy atom. The lowest BCUT2D eigenvalue weighted by molar-refractivity contribution is 0.220. The molecule has 0 aromatic carbocycles. The fraction of sp³-hybridized carbons (Fsp3) is 0.778. The van der Waals surface area contributed by atoms with Gasteiger partial charge in [-0.05, 0) is 52.2 Å². The molecule has 0 amide bonds. The molecule has 2 rings (SSSR count). The van der Waals surface area contributed by atoms with Crippen molar-refractivity contribution in [3.8, 4) is 0 Å². The van der Waals surface area contributed by atoms with Crippen LogP contribution in [0.3, 0.4) is 0 Å². The minimum absolute atomic E-state index is 0. The summed E-state index contributed by atoms with van der Waals surface area (Å²) in [6, 6.07) is 0. The summed E-state index contributed by atoms with van der Waals surface area (Å²) >= 11 is 0. The third kappa shape index (κ3) is 6.77. The first kappa shape index (κ1) is 22.2. The van der Waals surface area contributed by atoms with Gasteiger partial charge in [-0.1, -0.05) is 19.0 Å². The molecular formula is C18H34IN5O. The summed E-state index contributed by atoms with van der Waals surface area (Å²) in [6.07, 6.45) is 4.26.